The van der Waals surface area contributed by atoms with Crippen LogP contribution in [0.2, 0.25) is 0 Å². The maximum atomic E-state index is 10.4. The molecule has 6 aromatic rings. The largest absolute Gasteiger partial charge is 0.744 e. The number of rotatable bonds is 2. The molecule has 0 saturated carbocycles. The van der Waals surface area contributed by atoms with Crippen molar-refractivity contribution in [3.63, 3.8) is 0 Å². The molecule has 2 aromatic heterocycles. The SMILES string of the molecule is Cc1ccc(S(=O)(=O)[O-])cc1.Cc1ccc(S(=O)(=O)[O-])cc1.c1ccc2c(c1)n1c[n+]2CCOCCOCCOCC[n+]2cn(c3ccccc32)CCOCCOCCOCC1. The van der Waals surface area contributed by atoms with Crippen molar-refractivity contribution in [2.45, 2.75) is 49.8 Å². The van der Waals surface area contributed by atoms with Gasteiger partial charge in [-0.3, -0.25) is 0 Å². The molecule has 336 valence electrons. The van der Waals surface area contributed by atoms with E-state index in [4.69, 9.17) is 28.4 Å². The average Bonchev–Trinajstić information content (AvgIpc) is 3.79. The minimum atomic E-state index is -4.27. The molecular weight excluding hydrogens is 841 g/mol. The van der Waals surface area contributed by atoms with Gasteiger partial charge < -0.3 is 37.5 Å². The van der Waals surface area contributed by atoms with E-state index in [1.54, 1.807) is 24.3 Å². The lowest BCUT2D eigenvalue weighted by Gasteiger charge is -2.06. The topological polar surface area (TPSA) is 187 Å². The Morgan fingerprint density at radius 1 is 0.435 bits per heavy atom. The number of hydrogen-bond donors (Lipinski definition) is 0. The monoisotopic (exact) mass is 896 g/mol. The summed E-state index contributed by atoms with van der Waals surface area (Å²) in [6, 6.07) is 28.4. The van der Waals surface area contributed by atoms with Crippen LogP contribution in [0.15, 0.2) is 120 Å². The minimum Gasteiger partial charge on any atom is -0.744 e. The third-order valence-electron chi connectivity index (χ3n) is 9.57. The lowest BCUT2D eigenvalue weighted by atomic mass is 10.2. The van der Waals surface area contributed by atoms with Crippen LogP contribution in [-0.2, 0) is 74.8 Å². The Labute approximate surface area is 363 Å². The van der Waals surface area contributed by atoms with Gasteiger partial charge in [-0.05, 0) is 62.4 Å². The van der Waals surface area contributed by atoms with Gasteiger partial charge in [0.05, 0.1) is 89.1 Å². The van der Waals surface area contributed by atoms with E-state index in [1.165, 1.54) is 46.3 Å². The number of imidazole rings is 2. The van der Waals surface area contributed by atoms with Gasteiger partial charge in [0.25, 0.3) is 0 Å². The summed E-state index contributed by atoms with van der Waals surface area (Å²) in [5.41, 5.74) is 6.61. The molecule has 0 amide bonds. The van der Waals surface area contributed by atoms with Crippen LogP contribution in [-0.4, -0.2) is 114 Å². The highest BCUT2D eigenvalue weighted by atomic mass is 32.2. The molecule has 3 heterocycles. The number of nitrogens with zero attached hydrogens (tertiary/aromatic N) is 4. The van der Waals surface area contributed by atoms with E-state index < -0.39 is 20.2 Å². The van der Waals surface area contributed by atoms with Crippen LogP contribution in [0.5, 0.6) is 0 Å². The fourth-order valence-corrected chi connectivity index (χ4v) is 7.28. The molecule has 0 aliphatic carbocycles. The zero-order valence-corrected chi connectivity index (χ0v) is 36.8. The van der Waals surface area contributed by atoms with Crippen molar-refractivity contribution < 1.29 is 63.5 Å². The third kappa shape index (κ3) is 15.9. The molecule has 0 N–H and O–H groups in total. The first-order valence-corrected chi connectivity index (χ1v) is 23.2. The van der Waals surface area contributed by atoms with Crippen LogP contribution >= 0.6 is 0 Å². The van der Waals surface area contributed by atoms with Gasteiger partial charge in [-0.1, -0.05) is 59.7 Å². The second-order valence-electron chi connectivity index (χ2n) is 14.2. The maximum Gasteiger partial charge on any atom is 0.244 e. The van der Waals surface area contributed by atoms with Gasteiger partial charge in [0.15, 0.2) is 22.1 Å². The summed E-state index contributed by atoms with van der Waals surface area (Å²) in [4.78, 5) is -0.355. The normalized spacial score (nSPS) is 16.2. The molecule has 1 aliphatic rings. The first kappa shape index (κ1) is 48.4. The Bertz CT molecular complexity index is 2210. The summed E-state index contributed by atoms with van der Waals surface area (Å²) in [6.07, 6.45) is 4.28. The molecule has 0 radical (unpaired) electrons. The van der Waals surface area contributed by atoms with Gasteiger partial charge in [-0.2, -0.15) is 0 Å². The van der Waals surface area contributed by atoms with E-state index in [0.29, 0.717) is 79.3 Å². The van der Waals surface area contributed by atoms with Gasteiger partial charge in [0, 0.05) is 0 Å². The lowest BCUT2D eigenvalue weighted by Crippen LogP contribution is -2.35. The molecule has 0 atom stereocenters. The van der Waals surface area contributed by atoms with E-state index in [9.17, 15) is 25.9 Å². The van der Waals surface area contributed by atoms with E-state index in [2.05, 4.69) is 79.5 Å². The molecule has 16 nitrogen and oxygen atoms in total. The number of ether oxygens (including phenoxy) is 6. The third-order valence-corrected chi connectivity index (χ3v) is 11.3. The number of benzene rings is 4. The summed E-state index contributed by atoms with van der Waals surface area (Å²) < 4.78 is 106. The highest BCUT2D eigenvalue weighted by Crippen LogP contribution is 2.13. The van der Waals surface area contributed by atoms with Gasteiger partial charge in [-0.25, -0.2) is 35.1 Å². The molecule has 0 fully saturated rings. The molecule has 0 saturated heterocycles. The zero-order chi connectivity index (χ0) is 44.2. The Morgan fingerprint density at radius 2 is 0.742 bits per heavy atom. The smallest absolute Gasteiger partial charge is 0.244 e. The fraction of sp³-hybridized carbons (Fsp3) is 0.409. The molecule has 18 heteroatoms. The summed E-state index contributed by atoms with van der Waals surface area (Å²) in [7, 11) is -8.54. The standard InChI is InChI=1S/C30H42N4O6.2C7H8O3S/c1-2-6-28-27(5-1)31-9-13-35-17-21-39-23-19-37-15-11-33-26-34(30-8-4-3-7-29(30)33)12-16-38-20-24-40-22-18-36-14-10-32(28)25-31;2*1-6-2-4-7(5-3-6)11(8,9)10/h1-8,25-26H,9-24H2;2*2-5H,1H3,(H,8,9,10)/q+2;;/p-2. The van der Waals surface area contributed by atoms with Crippen molar-refractivity contribution in [1.82, 2.24) is 9.13 Å². The second-order valence-corrected chi connectivity index (χ2v) is 16.9. The first-order valence-electron chi connectivity index (χ1n) is 20.4. The Hall–Kier alpha value is -4.60. The van der Waals surface area contributed by atoms with Crippen molar-refractivity contribution in [2.75, 3.05) is 79.3 Å². The van der Waals surface area contributed by atoms with Crippen LogP contribution in [0.3, 0.4) is 0 Å². The van der Waals surface area contributed by atoms with Crippen LogP contribution in [0.25, 0.3) is 22.1 Å². The van der Waals surface area contributed by atoms with Crippen molar-refractivity contribution in [1.29, 1.82) is 0 Å². The molecule has 7 rings (SSSR count). The number of fused-ring (bicyclic) bond motifs is 10. The van der Waals surface area contributed by atoms with E-state index in [-0.39, 0.29) is 9.79 Å². The Balaban J connectivity index is 0.000000267. The fourth-order valence-electron chi connectivity index (χ4n) is 6.34. The minimum absolute atomic E-state index is 0.178. The number of para-hydroxylation sites is 4. The molecular formula is C44H56N4O12S2. The van der Waals surface area contributed by atoms with Gasteiger partial charge in [0.1, 0.15) is 46.4 Å². The van der Waals surface area contributed by atoms with Crippen molar-refractivity contribution in [3.8, 4) is 0 Å². The predicted octanol–water partition coefficient (Wildman–Crippen LogP) is 3.78. The first-order chi connectivity index (χ1) is 29.9. The van der Waals surface area contributed by atoms with Crippen LogP contribution in [0.4, 0.5) is 0 Å². The molecule has 1 aliphatic heterocycles. The van der Waals surface area contributed by atoms with Crippen molar-refractivity contribution in [2.24, 2.45) is 0 Å². The number of hydrogen-bond acceptors (Lipinski definition) is 12. The van der Waals surface area contributed by atoms with Crippen molar-refractivity contribution >= 4 is 42.3 Å². The Morgan fingerprint density at radius 3 is 1.08 bits per heavy atom. The molecule has 62 heavy (non-hydrogen) atoms. The van der Waals surface area contributed by atoms with Crippen molar-refractivity contribution in [3.05, 3.63) is 121 Å². The van der Waals surface area contributed by atoms with Crippen LogP contribution in [0, 0.1) is 13.8 Å². The predicted molar refractivity (Wildman–Crippen MR) is 227 cm³/mol. The molecule has 4 bridgehead atoms. The van der Waals surface area contributed by atoms with Crippen LogP contribution in [0.1, 0.15) is 11.1 Å². The number of aromatic nitrogens is 4. The van der Waals surface area contributed by atoms with Gasteiger partial charge in [0.2, 0.25) is 12.7 Å². The zero-order valence-electron chi connectivity index (χ0n) is 35.2. The van der Waals surface area contributed by atoms with Gasteiger partial charge in [-0.15, -0.1) is 0 Å². The quantitative estimate of drug-likeness (QED) is 0.181. The van der Waals surface area contributed by atoms with Crippen LogP contribution < -0.4 is 9.13 Å². The second kappa shape index (κ2) is 24.9. The van der Waals surface area contributed by atoms with Gasteiger partial charge >= 0.3 is 0 Å². The summed E-state index contributed by atoms with van der Waals surface area (Å²) in [5.74, 6) is 0. The number of aryl methyl sites for hydroxylation is 2. The highest BCUT2D eigenvalue weighted by Gasteiger charge is 2.16. The van der Waals surface area contributed by atoms with E-state index >= 15 is 0 Å². The molecule has 4 aromatic carbocycles. The molecule has 0 spiro atoms. The summed E-state index contributed by atoms with van der Waals surface area (Å²) >= 11 is 0. The lowest BCUT2D eigenvalue weighted by molar-refractivity contribution is -0.674. The average molecular weight is 897 g/mol. The van der Waals surface area contributed by atoms with E-state index in [1.807, 2.05) is 13.8 Å². The highest BCUT2D eigenvalue weighted by molar-refractivity contribution is 7.86. The summed E-state index contributed by atoms with van der Waals surface area (Å²) in [6.45, 7) is 13.7. The van der Waals surface area contributed by atoms with E-state index in [0.717, 1.165) is 37.3 Å². The Kier molecular flexibility index (Phi) is 19.4. The summed E-state index contributed by atoms with van der Waals surface area (Å²) in [5, 5.41) is 0. The maximum absolute atomic E-state index is 10.4. The molecule has 0 unspecified atom stereocenters.